The zero-order chi connectivity index (χ0) is 27.5. The van der Waals surface area contributed by atoms with Gasteiger partial charge in [0.25, 0.3) is 0 Å². The Bertz CT molecular complexity index is 894. The van der Waals surface area contributed by atoms with Crippen LogP contribution in [-0.4, -0.2) is 45.5 Å². The first-order valence-electron chi connectivity index (χ1n) is 15.6. The van der Waals surface area contributed by atoms with Crippen LogP contribution >= 0.6 is 0 Å². The molecule has 218 valence electrons. The smallest absolute Gasteiger partial charge is 0.119 e. The molecule has 0 aromatic heterocycles. The Morgan fingerprint density at radius 2 is 1.31 bits per heavy atom. The van der Waals surface area contributed by atoms with Crippen molar-refractivity contribution < 1.29 is 14.6 Å². The highest BCUT2D eigenvalue weighted by Gasteiger charge is 2.15. The van der Waals surface area contributed by atoms with Crippen molar-refractivity contribution in [2.75, 3.05) is 40.4 Å². The zero-order valence-electron chi connectivity index (χ0n) is 24.6. The van der Waals surface area contributed by atoms with Gasteiger partial charge in [0.05, 0.1) is 19.3 Å². The lowest BCUT2D eigenvalue weighted by molar-refractivity contribution is 0.166. The highest BCUT2D eigenvalue weighted by Crippen LogP contribution is 2.27. The van der Waals surface area contributed by atoms with Crippen molar-refractivity contribution in [3.05, 3.63) is 59.7 Å². The molecule has 3 N–H and O–H groups in total. The summed E-state index contributed by atoms with van der Waals surface area (Å²) in [7, 11) is 3.90. The van der Waals surface area contributed by atoms with Gasteiger partial charge in [-0.3, -0.25) is 0 Å². The number of aliphatic hydroxyl groups excluding tert-OH is 1. The molecule has 5 heteroatoms. The van der Waals surface area contributed by atoms with Crippen LogP contribution < -0.4 is 20.1 Å². The van der Waals surface area contributed by atoms with Crippen molar-refractivity contribution in [1.29, 1.82) is 0 Å². The molecular weight excluding hydrogens is 484 g/mol. The van der Waals surface area contributed by atoms with Crippen LogP contribution in [0.25, 0.3) is 0 Å². The van der Waals surface area contributed by atoms with Crippen molar-refractivity contribution in [3.8, 4) is 11.5 Å². The van der Waals surface area contributed by atoms with E-state index in [2.05, 4.69) is 34.9 Å². The van der Waals surface area contributed by atoms with Crippen LogP contribution in [0.1, 0.15) is 94.3 Å². The van der Waals surface area contributed by atoms with E-state index in [0.717, 1.165) is 62.1 Å². The van der Waals surface area contributed by atoms with Crippen molar-refractivity contribution in [2.45, 2.75) is 89.6 Å². The monoisotopic (exact) mass is 538 g/mol. The van der Waals surface area contributed by atoms with Gasteiger partial charge in [0.1, 0.15) is 11.5 Å². The normalized spacial score (nSPS) is 17.2. The van der Waals surface area contributed by atoms with E-state index in [9.17, 15) is 5.11 Å². The first kappa shape index (κ1) is 31.4. The molecule has 2 saturated carbocycles. The summed E-state index contributed by atoms with van der Waals surface area (Å²) >= 11 is 0. The molecule has 2 fully saturated rings. The molecule has 0 saturated heterocycles. The molecule has 2 aliphatic carbocycles. The molecule has 2 aromatic rings. The Morgan fingerprint density at radius 1 is 0.744 bits per heavy atom. The van der Waals surface area contributed by atoms with Gasteiger partial charge in [-0.25, -0.2) is 0 Å². The van der Waals surface area contributed by atoms with Crippen LogP contribution in [0.15, 0.2) is 48.5 Å². The predicted octanol–water partition coefficient (Wildman–Crippen LogP) is 7.09. The summed E-state index contributed by atoms with van der Waals surface area (Å²) in [6.45, 7) is 3.61. The second-order valence-electron chi connectivity index (χ2n) is 11.5. The maximum atomic E-state index is 10.1. The summed E-state index contributed by atoms with van der Waals surface area (Å²) in [4.78, 5) is 0. The van der Waals surface area contributed by atoms with Crippen molar-refractivity contribution >= 4 is 0 Å². The van der Waals surface area contributed by atoms with E-state index in [1.54, 1.807) is 0 Å². The Balaban J connectivity index is 0.000000216. The molecule has 2 aliphatic rings. The van der Waals surface area contributed by atoms with Gasteiger partial charge in [-0.1, -0.05) is 62.8 Å². The van der Waals surface area contributed by atoms with E-state index in [1.807, 2.05) is 38.4 Å². The molecule has 0 amide bonds. The Kier molecular flexibility index (Phi) is 15.4. The molecule has 0 spiro atoms. The lowest BCUT2D eigenvalue weighted by Gasteiger charge is -2.22. The molecule has 2 aromatic carbocycles. The van der Waals surface area contributed by atoms with Gasteiger partial charge in [0.2, 0.25) is 0 Å². The van der Waals surface area contributed by atoms with Crippen molar-refractivity contribution in [3.63, 3.8) is 0 Å². The number of ether oxygens (including phenoxy) is 2. The molecule has 0 heterocycles. The van der Waals surface area contributed by atoms with Crippen LogP contribution in [0.2, 0.25) is 0 Å². The number of benzene rings is 2. The van der Waals surface area contributed by atoms with E-state index < -0.39 is 6.10 Å². The van der Waals surface area contributed by atoms with E-state index in [0.29, 0.717) is 5.92 Å². The lowest BCUT2D eigenvalue weighted by Crippen LogP contribution is -2.15. The van der Waals surface area contributed by atoms with Crippen molar-refractivity contribution in [2.24, 2.45) is 11.8 Å². The molecule has 39 heavy (non-hydrogen) atoms. The van der Waals surface area contributed by atoms with Gasteiger partial charge in [-0.05, 0) is 119 Å². The molecule has 4 rings (SSSR count). The minimum absolute atomic E-state index is 0.416. The first-order chi connectivity index (χ1) is 19.2. The number of hydrogen-bond donors (Lipinski definition) is 3. The van der Waals surface area contributed by atoms with Gasteiger partial charge < -0.3 is 25.2 Å². The van der Waals surface area contributed by atoms with Crippen LogP contribution in [0.3, 0.4) is 0 Å². The van der Waals surface area contributed by atoms with Crippen molar-refractivity contribution in [1.82, 2.24) is 10.6 Å². The third-order valence-corrected chi connectivity index (χ3v) is 8.12. The summed E-state index contributed by atoms with van der Waals surface area (Å²) in [5.74, 6) is 3.42. The van der Waals surface area contributed by atoms with E-state index in [-0.39, 0.29) is 0 Å². The van der Waals surface area contributed by atoms with Gasteiger partial charge in [-0.15, -0.1) is 0 Å². The van der Waals surface area contributed by atoms with Gasteiger partial charge >= 0.3 is 0 Å². The largest absolute Gasteiger partial charge is 0.493 e. The third kappa shape index (κ3) is 12.8. The van der Waals surface area contributed by atoms with Crippen LogP contribution in [0.5, 0.6) is 11.5 Å². The quantitative estimate of drug-likeness (QED) is 0.224. The highest BCUT2D eigenvalue weighted by molar-refractivity contribution is 5.30. The molecule has 1 unspecified atom stereocenters. The Morgan fingerprint density at radius 3 is 1.90 bits per heavy atom. The number of nitrogens with one attached hydrogen (secondary N) is 2. The van der Waals surface area contributed by atoms with E-state index in [4.69, 9.17) is 9.47 Å². The summed E-state index contributed by atoms with van der Waals surface area (Å²) in [5, 5.41) is 16.3. The van der Waals surface area contributed by atoms with Crippen LogP contribution in [-0.2, 0) is 6.42 Å². The number of aliphatic hydroxyl groups is 1. The Labute approximate surface area is 238 Å². The SMILES string of the molecule is CNCCC(O)c1cccc(OCC2CCCCC2)c1.CNCCCc1cccc(OCC2CCCCC2)c1. The zero-order valence-corrected chi connectivity index (χ0v) is 24.6. The van der Waals surface area contributed by atoms with Crippen LogP contribution in [0.4, 0.5) is 0 Å². The first-order valence-corrected chi connectivity index (χ1v) is 15.6. The lowest BCUT2D eigenvalue weighted by atomic mass is 9.90. The Hall–Kier alpha value is -2.08. The molecule has 0 radical (unpaired) electrons. The summed E-state index contributed by atoms with van der Waals surface area (Å²) < 4.78 is 11.9. The minimum Gasteiger partial charge on any atom is -0.493 e. The van der Waals surface area contributed by atoms with E-state index >= 15 is 0 Å². The predicted molar refractivity (Wildman–Crippen MR) is 163 cm³/mol. The van der Waals surface area contributed by atoms with Gasteiger partial charge in [0.15, 0.2) is 0 Å². The highest BCUT2D eigenvalue weighted by atomic mass is 16.5. The molecule has 5 nitrogen and oxygen atoms in total. The third-order valence-electron chi connectivity index (χ3n) is 8.12. The fourth-order valence-corrected chi connectivity index (χ4v) is 5.66. The average Bonchev–Trinajstić information content (AvgIpc) is 3.00. The molecular formula is C34H54N2O3. The summed E-state index contributed by atoms with van der Waals surface area (Å²) in [5.41, 5.74) is 2.33. The molecule has 0 aliphatic heterocycles. The summed E-state index contributed by atoms with van der Waals surface area (Å²) in [6, 6.07) is 16.5. The number of aryl methyl sites for hydroxylation is 1. The molecule has 0 bridgehead atoms. The number of hydrogen-bond acceptors (Lipinski definition) is 5. The second kappa shape index (κ2) is 19.1. The number of rotatable bonds is 14. The van der Waals surface area contributed by atoms with Crippen LogP contribution in [0, 0.1) is 11.8 Å². The fourth-order valence-electron chi connectivity index (χ4n) is 5.66. The van der Waals surface area contributed by atoms with Gasteiger partial charge in [-0.2, -0.15) is 0 Å². The average molecular weight is 539 g/mol. The van der Waals surface area contributed by atoms with E-state index in [1.165, 1.54) is 76.2 Å². The van der Waals surface area contributed by atoms with Gasteiger partial charge in [0, 0.05) is 0 Å². The minimum atomic E-state index is -0.416. The molecule has 1 atom stereocenters. The fraction of sp³-hybridized carbons (Fsp3) is 0.647. The summed E-state index contributed by atoms with van der Waals surface area (Å²) in [6.07, 6.45) is 16.2. The topological polar surface area (TPSA) is 62.8 Å². The standard InChI is InChI=1S/C17H27NO2.C17H27NO/c1-18-11-10-17(19)15-8-5-9-16(12-15)20-13-14-6-3-2-4-7-14;1-18-12-6-10-15-9-5-11-17(13-15)19-14-16-7-3-2-4-8-16/h5,8-9,12,14,17-19H,2-4,6-7,10-11,13H2,1H3;5,9,11,13,16,18H,2-4,6-8,10,12,14H2,1H3. The second-order valence-corrected chi connectivity index (χ2v) is 11.5. The maximum Gasteiger partial charge on any atom is 0.119 e. The maximum absolute atomic E-state index is 10.1.